The van der Waals surface area contributed by atoms with Crippen LogP contribution in [0.2, 0.25) is 0 Å². The summed E-state index contributed by atoms with van der Waals surface area (Å²) in [5.41, 5.74) is 0. The molecule has 0 spiro atoms. The van der Waals surface area contributed by atoms with Gasteiger partial charge >= 0.3 is 0 Å². The van der Waals surface area contributed by atoms with E-state index in [0.29, 0.717) is 13.0 Å². The number of hydrogen-bond acceptors (Lipinski definition) is 3. The number of hydrogen-bond donors (Lipinski definition) is 2. The minimum absolute atomic E-state index is 0.0652. The minimum Gasteiger partial charge on any atom is -0.393 e. The van der Waals surface area contributed by atoms with Crippen LogP contribution in [0.5, 0.6) is 0 Å². The molecule has 0 aliphatic heterocycles. The van der Waals surface area contributed by atoms with Gasteiger partial charge in [0.1, 0.15) is 0 Å². The van der Waals surface area contributed by atoms with Gasteiger partial charge < -0.3 is 5.11 Å². The number of nitrogens with zero attached hydrogens (tertiary/aromatic N) is 1. The van der Waals surface area contributed by atoms with E-state index in [2.05, 4.69) is 4.72 Å². The molecule has 0 heterocycles. The monoisotopic (exact) mass is 252 g/mol. The average Bonchev–Trinajstić information content (AvgIpc) is 2.12. The van der Waals surface area contributed by atoms with Crippen molar-refractivity contribution in [1.82, 2.24) is 9.03 Å². The van der Waals surface area contributed by atoms with Crippen molar-refractivity contribution in [3.8, 4) is 0 Å². The summed E-state index contributed by atoms with van der Waals surface area (Å²) in [5, 5.41) is 9.16. The normalized spacial score (nSPS) is 16.8. The van der Waals surface area contributed by atoms with E-state index in [1.807, 2.05) is 20.8 Å². The van der Waals surface area contributed by atoms with E-state index in [4.69, 9.17) is 5.11 Å². The molecule has 0 fully saturated rings. The van der Waals surface area contributed by atoms with E-state index >= 15 is 0 Å². The fourth-order valence-electron chi connectivity index (χ4n) is 1.29. The lowest BCUT2D eigenvalue weighted by molar-refractivity contribution is 0.164. The minimum atomic E-state index is -3.39. The molecule has 0 rings (SSSR count). The first kappa shape index (κ1) is 15.8. The van der Waals surface area contributed by atoms with Crippen LogP contribution in [0.4, 0.5) is 0 Å². The third-order valence-corrected chi connectivity index (χ3v) is 4.18. The Hall–Kier alpha value is -0.170. The summed E-state index contributed by atoms with van der Waals surface area (Å²) < 4.78 is 27.3. The Morgan fingerprint density at radius 1 is 1.25 bits per heavy atom. The maximum absolute atomic E-state index is 11.7. The van der Waals surface area contributed by atoms with Gasteiger partial charge in [-0.15, -0.1) is 0 Å². The van der Waals surface area contributed by atoms with E-state index in [9.17, 15) is 8.42 Å². The second-order valence-corrected chi connectivity index (χ2v) is 6.47. The van der Waals surface area contributed by atoms with E-state index in [0.717, 1.165) is 0 Å². The summed E-state index contributed by atoms with van der Waals surface area (Å²) in [5.74, 6) is 0.121. The summed E-state index contributed by atoms with van der Waals surface area (Å²) in [7, 11) is -1.84. The smallest absolute Gasteiger partial charge is 0.279 e. The third-order valence-electron chi connectivity index (χ3n) is 2.46. The number of nitrogens with one attached hydrogen (secondary N) is 1. The van der Waals surface area contributed by atoms with Crippen molar-refractivity contribution < 1.29 is 13.5 Å². The van der Waals surface area contributed by atoms with E-state index < -0.39 is 16.3 Å². The average molecular weight is 252 g/mol. The highest BCUT2D eigenvalue weighted by Gasteiger charge is 2.20. The van der Waals surface area contributed by atoms with Crippen molar-refractivity contribution in [2.45, 2.75) is 46.3 Å². The Balaban J connectivity index is 4.19. The number of aliphatic hydroxyl groups is 1. The highest BCUT2D eigenvalue weighted by atomic mass is 32.2. The Morgan fingerprint density at radius 2 is 1.75 bits per heavy atom. The molecule has 2 N–H and O–H groups in total. The van der Waals surface area contributed by atoms with Crippen LogP contribution in [0.1, 0.15) is 34.1 Å². The standard InChI is InChI=1S/C10H24N2O3S/c1-8(2)12(5)16(14,15)11-7-9(3)6-10(4)13/h8-11,13H,6-7H2,1-5H3. The second kappa shape index (κ2) is 6.54. The molecule has 2 unspecified atom stereocenters. The van der Waals surface area contributed by atoms with E-state index in [1.54, 1.807) is 14.0 Å². The molecule has 98 valence electrons. The van der Waals surface area contributed by atoms with Crippen molar-refractivity contribution in [3.63, 3.8) is 0 Å². The molecular weight excluding hydrogens is 228 g/mol. The molecule has 0 aromatic rings. The van der Waals surface area contributed by atoms with Gasteiger partial charge in [-0.3, -0.25) is 0 Å². The molecule has 0 saturated heterocycles. The van der Waals surface area contributed by atoms with Crippen molar-refractivity contribution in [1.29, 1.82) is 0 Å². The molecule has 16 heavy (non-hydrogen) atoms. The first-order valence-electron chi connectivity index (χ1n) is 5.57. The Labute approximate surface area is 99.0 Å². The van der Waals surface area contributed by atoms with Crippen LogP contribution in [0.3, 0.4) is 0 Å². The van der Waals surface area contributed by atoms with Gasteiger partial charge in [-0.25, -0.2) is 4.72 Å². The van der Waals surface area contributed by atoms with Crippen LogP contribution in [-0.4, -0.2) is 43.6 Å². The molecule has 0 aromatic heterocycles. The second-order valence-electron chi connectivity index (χ2n) is 4.65. The molecule has 0 radical (unpaired) electrons. The molecule has 5 nitrogen and oxygen atoms in total. The quantitative estimate of drug-likeness (QED) is 0.696. The zero-order chi connectivity index (χ0) is 12.9. The predicted octanol–water partition coefficient (Wildman–Crippen LogP) is 0.568. The first-order chi connectivity index (χ1) is 7.16. The Kier molecular flexibility index (Phi) is 6.47. The summed E-state index contributed by atoms with van der Waals surface area (Å²) in [6.07, 6.45) is 0.191. The number of aliphatic hydroxyl groups excluding tert-OH is 1. The van der Waals surface area contributed by atoms with Gasteiger partial charge in [-0.05, 0) is 33.1 Å². The zero-order valence-electron chi connectivity index (χ0n) is 10.8. The molecule has 0 saturated carbocycles. The van der Waals surface area contributed by atoms with Crippen LogP contribution in [0.15, 0.2) is 0 Å². The van der Waals surface area contributed by atoms with Crippen LogP contribution >= 0.6 is 0 Å². The molecular formula is C10H24N2O3S. The SMILES string of the molecule is CC(O)CC(C)CNS(=O)(=O)N(C)C(C)C. The summed E-state index contributed by atoms with van der Waals surface area (Å²) in [4.78, 5) is 0. The van der Waals surface area contributed by atoms with Gasteiger partial charge in [0, 0.05) is 19.6 Å². The van der Waals surface area contributed by atoms with Gasteiger partial charge in [-0.2, -0.15) is 12.7 Å². The van der Waals surface area contributed by atoms with Gasteiger partial charge in [0.25, 0.3) is 10.2 Å². The third kappa shape index (κ3) is 5.79. The van der Waals surface area contributed by atoms with Crippen LogP contribution in [0, 0.1) is 5.92 Å². The molecule has 0 bridgehead atoms. The lowest BCUT2D eigenvalue weighted by atomic mass is 10.1. The summed E-state index contributed by atoms with van der Waals surface area (Å²) >= 11 is 0. The van der Waals surface area contributed by atoms with E-state index in [1.165, 1.54) is 4.31 Å². The Morgan fingerprint density at radius 3 is 2.12 bits per heavy atom. The highest BCUT2D eigenvalue weighted by molar-refractivity contribution is 7.87. The summed E-state index contributed by atoms with van der Waals surface area (Å²) in [6, 6.07) is -0.0652. The topological polar surface area (TPSA) is 69.6 Å². The predicted molar refractivity (Wildman–Crippen MR) is 65.3 cm³/mol. The van der Waals surface area contributed by atoms with E-state index in [-0.39, 0.29) is 12.0 Å². The van der Waals surface area contributed by atoms with Crippen LogP contribution < -0.4 is 4.72 Å². The first-order valence-corrected chi connectivity index (χ1v) is 7.01. The maximum atomic E-state index is 11.7. The Bertz CT molecular complexity index is 288. The number of rotatable bonds is 7. The van der Waals surface area contributed by atoms with Crippen molar-refractivity contribution in [3.05, 3.63) is 0 Å². The van der Waals surface area contributed by atoms with Crippen molar-refractivity contribution in [2.75, 3.05) is 13.6 Å². The van der Waals surface area contributed by atoms with Crippen molar-refractivity contribution >= 4 is 10.2 Å². The largest absolute Gasteiger partial charge is 0.393 e. The lowest BCUT2D eigenvalue weighted by Crippen LogP contribution is -2.43. The van der Waals surface area contributed by atoms with Crippen molar-refractivity contribution in [2.24, 2.45) is 5.92 Å². The van der Waals surface area contributed by atoms with Gasteiger partial charge in [0.2, 0.25) is 0 Å². The molecule has 2 atom stereocenters. The summed E-state index contributed by atoms with van der Waals surface area (Å²) in [6.45, 7) is 7.59. The van der Waals surface area contributed by atoms with Gasteiger partial charge in [-0.1, -0.05) is 6.92 Å². The fraction of sp³-hybridized carbons (Fsp3) is 1.00. The maximum Gasteiger partial charge on any atom is 0.279 e. The molecule has 6 heteroatoms. The molecule has 0 aliphatic carbocycles. The molecule has 0 aromatic carbocycles. The zero-order valence-corrected chi connectivity index (χ0v) is 11.6. The molecule has 0 aliphatic rings. The van der Waals surface area contributed by atoms with Gasteiger partial charge in [0.05, 0.1) is 6.10 Å². The molecule has 0 amide bonds. The van der Waals surface area contributed by atoms with Crippen LogP contribution in [-0.2, 0) is 10.2 Å². The lowest BCUT2D eigenvalue weighted by Gasteiger charge is -2.22. The van der Waals surface area contributed by atoms with Crippen LogP contribution in [0.25, 0.3) is 0 Å². The van der Waals surface area contributed by atoms with Gasteiger partial charge in [0.15, 0.2) is 0 Å². The highest BCUT2D eigenvalue weighted by Crippen LogP contribution is 2.06. The fourth-order valence-corrected chi connectivity index (χ4v) is 2.55.